The van der Waals surface area contributed by atoms with Gasteiger partial charge >= 0.3 is 0 Å². The van der Waals surface area contributed by atoms with Crippen molar-refractivity contribution >= 4 is 45.9 Å². The Balaban J connectivity index is 1.28. The van der Waals surface area contributed by atoms with Gasteiger partial charge in [-0.3, -0.25) is 5.43 Å². The second-order valence-electron chi connectivity index (χ2n) is 7.89. The van der Waals surface area contributed by atoms with E-state index in [9.17, 15) is 0 Å². The highest BCUT2D eigenvalue weighted by Crippen LogP contribution is 2.39. The lowest BCUT2D eigenvalue weighted by Crippen LogP contribution is -1.96. The summed E-state index contributed by atoms with van der Waals surface area (Å²) in [6, 6.07) is 33.3. The van der Waals surface area contributed by atoms with Gasteiger partial charge in [0, 0.05) is 21.2 Å². The quantitative estimate of drug-likeness (QED) is 0.161. The number of aromatic nitrogens is 1. The number of hydrogen-bond donors (Lipinski definition) is 1. The summed E-state index contributed by atoms with van der Waals surface area (Å²) in [5.74, 6) is 0.764. The van der Waals surface area contributed by atoms with Crippen molar-refractivity contribution in [1.82, 2.24) is 4.98 Å². The highest BCUT2D eigenvalue weighted by atomic mass is 35.5. The Kier molecular flexibility index (Phi) is 7.62. The molecule has 0 saturated carbocycles. The van der Waals surface area contributed by atoms with Crippen LogP contribution in [0.4, 0.5) is 5.13 Å². The van der Waals surface area contributed by atoms with Gasteiger partial charge in [-0.1, -0.05) is 95.2 Å². The first kappa shape index (κ1) is 24.1. The molecule has 0 spiro atoms. The maximum atomic E-state index is 6.20. The molecule has 0 atom stereocenters. The molecule has 1 N–H and O–H groups in total. The van der Waals surface area contributed by atoms with Crippen LogP contribution < -0.4 is 10.2 Å². The van der Waals surface area contributed by atoms with E-state index < -0.39 is 0 Å². The lowest BCUT2D eigenvalue weighted by atomic mass is 10.1. The fourth-order valence-electron chi connectivity index (χ4n) is 3.55. The number of rotatable bonds is 8. The van der Waals surface area contributed by atoms with Crippen LogP contribution in [-0.2, 0) is 6.61 Å². The van der Waals surface area contributed by atoms with Crippen LogP contribution in [0.2, 0.25) is 10.0 Å². The topological polar surface area (TPSA) is 46.5 Å². The average Bonchev–Trinajstić information content (AvgIpc) is 3.34. The van der Waals surface area contributed by atoms with Gasteiger partial charge in [0.05, 0.1) is 16.8 Å². The molecule has 178 valence electrons. The van der Waals surface area contributed by atoms with Crippen LogP contribution in [0.25, 0.3) is 21.7 Å². The third-order valence-corrected chi connectivity index (χ3v) is 7.02. The van der Waals surface area contributed by atoms with Gasteiger partial charge in [-0.25, -0.2) is 4.98 Å². The summed E-state index contributed by atoms with van der Waals surface area (Å²) in [5.41, 5.74) is 7.95. The van der Waals surface area contributed by atoms with Gasteiger partial charge in [0.1, 0.15) is 12.4 Å². The molecule has 0 aliphatic rings. The second kappa shape index (κ2) is 11.4. The largest absolute Gasteiger partial charge is 0.489 e. The number of anilines is 1. The van der Waals surface area contributed by atoms with Crippen LogP contribution in [-0.4, -0.2) is 11.2 Å². The van der Waals surface area contributed by atoms with Gasteiger partial charge in [0.2, 0.25) is 5.13 Å². The molecule has 4 nitrogen and oxygen atoms in total. The smallest absolute Gasteiger partial charge is 0.204 e. The van der Waals surface area contributed by atoms with Gasteiger partial charge < -0.3 is 4.74 Å². The fourth-order valence-corrected chi connectivity index (χ4v) is 4.80. The van der Waals surface area contributed by atoms with Crippen LogP contribution in [0.15, 0.2) is 108 Å². The molecule has 4 aromatic carbocycles. The number of nitrogens with zero attached hydrogens (tertiary/aromatic N) is 2. The van der Waals surface area contributed by atoms with Crippen LogP contribution in [0, 0.1) is 0 Å². The second-order valence-corrected chi connectivity index (χ2v) is 9.73. The molecular formula is C29H21Cl2N3OS. The molecule has 0 aliphatic heterocycles. The van der Waals surface area contributed by atoms with Crippen LogP contribution in [0.3, 0.4) is 0 Å². The van der Waals surface area contributed by atoms with E-state index in [1.165, 1.54) is 0 Å². The molecule has 0 bridgehead atoms. The predicted octanol–water partition coefficient (Wildman–Crippen LogP) is 8.81. The van der Waals surface area contributed by atoms with E-state index in [-0.39, 0.29) is 0 Å². The van der Waals surface area contributed by atoms with E-state index in [2.05, 4.69) is 22.7 Å². The lowest BCUT2D eigenvalue weighted by Gasteiger charge is -2.07. The number of thiazole rings is 1. The summed E-state index contributed by atoms with van der Waals surface area (Å²) in [5, 5.41) is 6.49. The minimum atomic E-state index is 0.415. The van der Waals surface area contributed by atoms with Crippen molar-refractivity contribution in [3.8, 4) is 27.4 Å². The first-order valence-electron chi connectivity index (χ1n) is 11.2. The van der Waals surface area contributed by atoms with Crippen LogP contribution in [0.5, 0.6) is 5.75 Å². The summed E-state index contributed by atoms with van der Waals surface area (Å²) >= 11 is 13.8. The van der Waals surface area contributed by atoms with Gasteiger partial charge in [-0.05, 0) is 53.6 Å². The third kappa shape index (κ3) is 5.94. The minimum absolute atomic E-state index is 0.415. The fraction of sp³-hybridized carbons (Fsp3) is 0.0345. The molecule has 5 rings (SSSR count). The van der Waals surface area contributed by atoms with Gasteiger partial charge in [0.25, 0.3) is 0 Å². The molecular weight excluding hydrogens is 509 g/mol. The van der Waals surface area contributed by atoms with Crippen molar-refractivity contribution in [1.29, 1.82) is 0 Å². The first-order valence-corrected chi connectivity index (χ1v) is 12.8. The van der Waals surface area contributed by atoms with Crippen molar-refractivity contribution in [2.45, 2.75) is 6.61 Å². The Labute approximate surface area is 223 Å². The molecule has 1 heterocycles. The number of nitrogens with one attached hydrogen (secondary N) is 1. The molecule has 0 aliphatic carbocycles. The number of hydrogen-bond acceptors (Lipinski definition) is 5. The van der Waals surface area contributed by atoms with E-state index in [0.29, 0.717) is 21.8 Å². The number of benzene rings is 4. The third-order valence-electron chi connectivity index (χ3n) is 5.39. The minimum Gasteiger partial charge on any atom is -0.489 e. The normalized spacial score (nSPS) is 11.1. The van der Waals surface area contributed by atoms with Crippen molar-refractivity contribution in [2.24, 2.45) is 5.10 Å². The van der Waals surface area contributed by atoms with Crippen LogP contribution in [0.1, 0.15) is 11.1 Å². The zero-order valence-electron chi connectivity index (χ0n) is 19.1. The van der Waals surface area contributed by atoms with Crippen LogP contribution >= 0.6 is 34.5 Å². The standard InChI is InChI=1S/C29H21Cl2N3OS/c30-24-14-12-21(13-15-24)27-28(22-6-2-1-3-7-22)36-29(33-27)34-32-18-20-10-16-25(17-11-20)35-19-23-8-4-5-9-26(23)31/h1-18H,19H2,(H,33,34)/b32-18+. The Morgan fingerprint density at radius 1 is 0.806 bits per heavy atom. The zero-order chi connectivity index (χ0) is 24.7. The van der Waals surface area contributed by atoms with E-state index in [1.54, 1.807) is 17.6 Å². The number of ether oxygens (including phenoxy) is 1. The van der Waals surface area contributed by atoms with Crippen molar-refractivity contribution in [2.75, 3.05) is 5.43 Å². The predicted molar refractivity (Wildman–Crippen MR) is 151 cm³/mol. The number of halogens is 2. The summed E-state index contributed by atoms with van der Waals surface area (Å²) < 4.78 is 5.85. The molecule has 5 aromatic rings. The molecule has 36 heavy (non-hydrogen) atoms. The van der Waals surface area contributed by atoms with Gasteiger partial charge in [0.15, 0.2) is 0 Å². The van der Waals surface area contributed by atoms with E-state index >= 15 is 0 Å². The zero-order valence-corrected chi connectivity index (χ0v) is 21.4. The monoisotopic (exact) mass is 529 g/mol. The van der Waals surface area contributed by atoms with Crippen molar-refractivity contribution in [3.05, 3.63) is 124 Å². The summed E-state index contributed by atoms with van der Waals surface area (Å²) in [4.78, 5) is 5.88. The van der Waals surface area contributed by atoms with E-state index in [4.69, 9.17) is 32.9 Å². The molecule has 0 radical (unpaired) electrons. The van der Waals surface area contributed by atoms with E-state index in [0.717, 1.165) is 38.6 Å². The summed E-state index contributed by atoms with van der Waals surface area (Å²) in [6.07, 6.45) is 1.75. The van der Waals surface area contributed by atoms with Crippen molar-refractivity contribution < 1.29 is 4.74 Å². The molecule has 0 unspecified atom stereocenters. The summed E-state index contributed by atoms with van der Waals surface area (Å²) in [7, 11) is 0. The maximum absolute atomic E-state index is 6.20. The van der Waals surface area contributed by atoms with E-state index in [1.807, 2.05) is 91.0 Å². The Morgan fingerprint density at radius 3 is 2.28 bits per heavy atom. The Bertz CT molecular complexity index is 1470. The highest BCUT2D eigenvalue weighted by molar-refractivity contribution is 7.19. The Hall–Kier alpha value is -3.64. The van der Waals surface area contributed by atoms with Crippen molar-refractivity contribution in [3.63, 3.8) is 0 Å². The highest BCUT2D eigenvalue weighted by Gasteiger charge is 2.14. The van der Waals surface area contributed by atoms with Gasteiger partial charge in [-0.2, -0.15) is 5.10 Å². The Morgan fingerprint density at radius 2 is 1.53 bits per heavy atom. The average molecular weight is 530 g/mol. The SMILES string of the molecule is Clc1ccc(-c2nc(N/N=C/c3ccc(OCc4ccccc4Cl)cc3)sc2-c2ccccc2)cc1. The molecule has 0 fully saturated rings. The molecule has 7 heteroatoms. The maximum Gasteiger partial charge on any atom is 0.204 e. The molecule has 0 amide bonds. The molecule has 1 aromatic heterocycles. The number of hydrazone groups is 1. The molecule has 0 saturated heterocycles. The lowest BCUT2D eigenvalue weighted by molar-refractivity contribution is 0.306. The first-order chi connectivity index (χ1) is 17.7. The summed E-state index contributed by atoms with van der Waals surface area (Å²) in [6.45, 7) is 0.415. The van der Waals surface area contributed by atoms with Gasteiger partial charge in [-0.15, -0.1) is 0 Å².